The third-order valence-corrected chi connectivity index (χ3v) is 2.44. The van der Waals surface area contributed by atoms with Crippen LogP contribution in [-0.2, 0) is 14.3 Å². The summed E-state index contributed by atoms with van der Waals surface area (Å²) < 4.78 is 5.19. The minimum atomic E-state index is -0.942. The van der Waals surface area contributed by atoms with Gasteiger partial charge in [-0.2, -0.15) is 0 Å². The molecule has 92 valence electrons. The minimum absolute atomic E-state index is 0.473. The number of carboxylic acids is 1. The first-order chi connectivity index (χ1) is 7.31. The fourth-order valence-corrected chi connectivity index (χ4v) is 1.77. The number of ether oxygens (including phenoxy) is 1. The molecule has 1 aliphatic heterocycles. The second-order valence-corrected chi connectivity index (χ2v) is 5.05. The zero-order chi connectivity index (χ0) is 12.3. The molecule has 0 bridgehead atoms. The first-order valence-corrected chi connectivity index (χ1v) is 5.50. The summed E-state index contributed by atoms with van der Waals surface area (Å²) in [6.45, 7) is 5.96. The molecule has 0 aliphatic carbocycles. The molecule has 1 aliphatic rings. The second-order valence-electron chi connectivity index (χ2n) is 5.05. The van der Waals surface area contributed by atoms with Crippen molar-refractivity contribution in [3.05, 3.63) is 0 Å². The van der Waals surface area contributed by atoms with E-state index in [0.29, 0.717) is 13.0 Å². The number of carbonyl (C=O) groups excluding carboxylic acids is 1. The molecule has 1 heterocycles. The van der Waals surface area contributed by atoms with Gasteiger partial charge in [0.15, 0.2) is 0 Å². The molecular formula is C11H19NO4. The number of rotatable bonds is 2. The van der Waals surface area contributed by atoms with E-state index in [4.69, 9.17) is 9.84 Å². The van der Waals surface area contributed by atoms with Crippen LogP contribution < -0.4 is 5.32 Å². The lowest BCUT2D eigenvalue weighted by atomic mass is 9.91. The van der Waals surface area contributed by atoms with Gasteiger partial charge in [-0.15, -0.1) is 0 Å². The van der Waals surface area contributed by atoms with Crippen LogP contribution in [0.25, 0.3) is 0 Å². The predicted octanol–water partition coefficient (Wildman–Crippen LogP) is 0.781. The molecule has 0 aromatic rings. The number of aliphatic carboxylic acids is 1. The summed E-state index contributed by atoms with van der Waals surface area (Å²) in [6.07, 6.45) is 1.29. The van der Waals surface area contributed by atoms with Crippen LogP contribution in [0, 0.1) is 5.92 Å². The van der Waals surface area contributed by atoms with Gasteiger partial charge < -0.3 is 15.2 Å². The van der Waals surface area contributed by atoms with E-state index in [9.17, 15) is 9.59 Å². The van der Waals surface area contributed by atoms with E-state index < -0.39 is 29.5 Å². The van der Waals surface area contributed by atoms with Crippen molar-refractivity contribution in [3.63, 3.8) is 0 Å². The number of carboxylic acid groups (broad SMARTS) is 1. The molecular weight excluding hydrogens is 210 g/mol. The van der Waals surface area contributed by atoms with Crippen molar-refractivity contribution in [1.82, 2.24) is 5.32 Å². The van der Waals surface area contributed by atoms with Crippen LogP contribution in [0.2, 0.25) is 0 Å². The molecule has 0 saturated carbocycles. The van der Waals surface area contributed by atoms with Crippen LogP contribution in [0.5, 0.6) is 0 Å². The Bertz CT molecular complexity index is 282. The lowest BCUT2D eigenvalue weighted by Gasteiger charge is -2.30. The molecule has 0 amide bonds. The third kappa shape index (κ3) is 3.48. The summed E-state index contributed by atoms with van der Waals surface area (Å²) >= 11 is 0. The van der Waals surface area contributed by atoms with Gasteiger partial charge in [-0.1, -0.05) is 0 Å². The maximum atomic E-state index is 11.8. The topological polar surface area (TPSA) is 75.6 Å². The van der Waals surface area contributed by atoms with E-state index in [-0.39, 0.29) is 0 Å². The van der Waals surface area contributed by atoms with Gasteiger partial charge in [0.1, 0.15) is 11.6 Å². The Morgan fingerprint density at radius 1 is 1.38 bits per heavy atom. The third-order valence-electron chi connectivity index (χ3n) is 2.44. The zero-order valence-electron chi connectivity index (χ0n) is 9.95. The first-order valence-electron chi connectivity index (χ1n) is 5.50. The summed E-state index contributed by atoms with van der Waals surface area (Å²) in [4.78, 5) is 22.8. The van der Waals surface area contributed by atoms with Crippen LogP contribution >= 0.6 is 0 Å². The fourth-order valence-electron chi connectivity index (χ4n) is 1.77. The highest BCUT2D eigenvalue weighted by Gasteiger charge is 2.38. The van der Waals surface area contributed by atoms with Crippen molar-refractivity contribution >= 4 is 11.9 Å². The summed E-state index contributed by atoms with van der Waals surface area (Å²) in [5.41, 5.74) is -0.584. The lowest BCUT2D eigenvalue weighted by molar-refractivity contribution is -0.164. The van der Waals surface area contributed by atoms with Crippen LogP contribution in [0.3, 0.4) is 0 Å². The van der Waals surface area contributed by atoms with Gasteiger partial charge in [-0.25, -0.2) is 0 Å². The molecule has 0 aromatic heterocycles. The predicted molar refractivity (Wildman–Crippen MR) is 58.0 cm³/mol. The lowest BCUT2D eigenvalue weighted by Crippen LogP contribution is -2.51. The van der Waals surface area contributed by atoms with E-state index in [2.05, 4.69) is 5.32 Å². The summed E-state index contributed by atoms with van der Waals surface area (Å²) in [5.74, 6) is -2.09. The fraction of sp³-hybridized carbons (Fsp3) is 0.818. The van der Waals surface area contributed by atoms with E-state index in [0.717, 1.165) is 6.42 Å². The Hall–Kier alpha value is -1.10. The van der Waals surface area contributed by atoms with Gasteiger partial charge in [0.25, 0.3) is 0 Å². The highest BCUT2D eigenvalue weighted by Crippen LogP contribution is 2.20. The van der Waals surface area contributed by atoms with Gasteiger partial charge in [0.05, 0.1) is 5.92 Å². The largest absolute Gasteiger partial charge is 0.481 e. The quantitative estimate of drug-likeness (QED) is 0.684. The highest BCUT2D eigenvalue weighted by molar-refractivity contribution is 5.84. The van der Waals surface area contributed by atoms with E-state index in [1.807, 2.05) is 0 Å². The van der Waals surface area contributed by atoms with Crippen molar-refractivity contribution in [2.45, 2.75) is 45.3 Å². The molecule has 16 heavy (non-hydrogen) atoms. The number of esters is 1. The van der Waals surface area contributed by atoms with Crippen molar-refractivity contribution in [2.75, 3.05) is 6.54 Å². The number of carbonyl (C=O) groups is 2. The van der Waals surface area contributed by atoms with Crippen LogP contribution in [-0.4, -0.2) is 35.2 Å². The Morgan fingerprint density at radius 3 is 2.50 bits per heavy atom. The van der Waals surface area contributed by atoms with Crippen molar-refractivity contribution < 1.29 is 19.4 Å². The zero-order valence-corrected chi connectivity index (χ0v) is 9.95. The normalized spacial score (nSPS) is 26.2. The smallest absolute Gasteiger partial charge is 0.324 e. The van der Waals surface area contributed by atoms with Crippen molar-refractivity contribution in [2.24, 2.45) is 5.92 Å². The molecule has 2 N–H and O–H groups in total. The number of hydrogen-bond donors (Lipinski definition) is 2. The molecule has 0 aromatic carbocycles. The SMILES string of the molecule is CC(C)(C)OC(=O)[C@H]1NCCC[C@H]1C(=O)O. The number of hydrogen-bond acceptors (Lipinski definition) is 4. The number of piperidine rings is 1. The Balaban J connectivity index is 2.68. The Morgan fingerprint density at radius 2 is 2.00 bits per heavy atom. The molecule has 5 heteroatoms. The van der Waals surface area contributed by atoms with Crippen LogP contribution in [0.1, 0.15) is 33.6 Å². The summed E-state index contributed by atoms with van der Waals surface area (Å²) in [6, 6.07) is -0.717. The average molecular weight is 229 g/mol. The maximum Gasteiger partial charge on any atom is 0.324 e. The van der Waals surface area contributed by atoms with Gasteiger partial charge in [-0.3, -0.25) is 9.59 Å². The molecule has 0 radical (unpaired) electrons. The van der Waals surface area contributed by atoms with Crippen molar-refractivity contribution in [1.29, 1.82) is 0 Å². The molecule has 1 saturated heterocycles. The van der Waals surface area contributed by atoms with E-state index >= 15 is 0 Å². The monoisotopic (exact) mass is 229 g/mol. The Kier molecular flexibility index (Phi) is 3.91. The summed E-state index contributed by atoms with van der Waals surface area (Å²) in [7, 11) is 0. The van der Waals surface area contributed by atoms with E-state index in [1.54, 1.807) is 20.8 Å². The molecule has 1 rings (SSSR count). The Labute approximate surface area is 95.2 Å². The first kappa shape index (κ1) is 13.0. The molecule has 1 fully saturated rings. The van der Waals surface area contributed by atoms with Crippen LogP contribution in [0.15, 0.2) is 0 Å². The second kappa shape index (κ2) is 4.82. The van der Waals surface area contributed by atoms with Gasteiger partial charge in [0.2, 0.25) is 0 Å². The number of nitrogens with one attached hydrogen (secondary N) is 1. The molecule has 0 unspecified atom stereocenters. The molecule has 0 spiro atoms. The van der Waals surface area contributed by atoms with Crippen LogP contribution in [0.4, 0.5) is 0 Å². The van der Waals surface area contributed by atoms with E-state index in [1.165, 1.54) is 0 Å². The maximum absolute atomic E-state index is 11.8. The average Bonchev–Trinajstić information content (AvgIpc) is 2.15. The molecule has 5 nitrogen and oxygen atoms in total. The van der Waals surface area contributed by atoms with Gasteiger partial charge in [0, 0.05) is 0 Å². The highest BCUT2D eigenvalue weighted by atomic mass is 16.6. The summed E-state index contributed by atoms with van der Waals surface area (Å²) in [5, 5.41) is 11.9. The minimum Gasteiger partial charge on any atom is -0.481 e. The van der Waals surface area contributed by atoms with Gasteiger partial charge in [-0.05, 0) is 40.2 Å². The van der Waals surface area contributed by atoms with Crippen molar-refractivity contribution in [3.8, 4) is 0 Å². The van der Waals surface area contributed by atoms with Gasteiger partial charge >= 0.3 is 11.9 Å². The standard InChI is InChI=1S/C11H19NO4/c1-11(2,3)16-10(15)8-7(9(13)14)5-4-6-12-8/h7-8,12H,4-6H2,1-3H3,(H,13,14)/t7-,8+/m1/s1. The molecule has 2 atom stereocenters.